The molecule has 0 spiro atoms. The molecule has 0 aliphatic carbocycles. The summed E-state index contributed by atoms with van der Waals surface area (Å²) in [6.07, 6.45) is 4.97. The second-order valence-corrected chi connectivity index (χ2v) is 5.60. The molecule has 22 heavy (non-hydrogen) atoms. The van der Waals surface area contributed by atoms with Gasteiger partial charge in [0.25, 0.3) is 11.8 Å². The van der Waals surface area contributed by atoms with Crippen molar-refractivity contribution < 1.29 is 9.59 Å². The van der Waals surface area contributed by atoms with Gasteiger partial charge in [-0.25, -0.2) is 0 Å². The van der Waals surface area contributed by atoms with E-state index in [2.05, 4.69) is 17.2 Å². The third kappa shape index (κ3) is 5.81. The van der Waals surface area contributed by atoms with Crippen LogP contribution in [0.25, 0.3) is 0 Å². The predicted molar refractivity (Wildman–Crippen MR) is 87.0 cm³/mol. The van der Waals surface area contributed by atoms with Gasteiger partial charge in [-0.3, -0.25) is 14.6 Å². The number of likely N-dealkylation sites (N-methyl/N-ethyl adjacent to an activating group) is 1. The van der Waals surface area contributed by atoms with Crippen molar-refractivity contribution in [1.82, 2.24) is 20.1 Å². The Kier molecular flexibility index (Phi) is 7.52. The topological polar surface area (TPSA) is 65.5 Å². The molecule has 0 saturated carbocycles. The lowest BCUT2D eigenvalue weighted by molar-refractivity contribution is 0.0793. The fourth-order valence-corrected chi connectivity index (χ4v) is 1.89. The summed E-state index contributed by atoms with van der Waals surface area (Å²) in [5.41, 5.74) is 0.854. The predicted octanol–water partition coefficient (Wildman–Crippen LogP) is 1.25. The zero-order chi connectivity index (χ0) is 16.5. The van der Waals surface area contributed by atoms with Crippen LogP contribution in [0.3, 0.4) is 0 Å². The molecule has 0 aromatic carbocycles. The maximum Gasteiger partial charge on any atom is 0.255 e. The lowest BCUT2D eigenvalue weighted by Crippen LogP contribution is -2.32. The normalized spacial score (nSPS) is 10.6. The molecule has 0 radical (unpaired) electrons. The largest absolute Gasteiger partial charge is 0.351 e. The number of nitrogens with zero attached hydrogens (tertiary/aromatic N) is 3. The highest BCUT2D eigenvalue weighted by atomic mass is 16.2. The van der Waals surface area contributed by atoms with E-state index in [9.17, 15) is 9.59 Å². The Morgan fingerprint density at radius 3 is 2.45 bits per heavy atom. The highest BCUT2D eigenvalue weighted by Gasteiger charge is 2.14. The number of carbonyl (C=O) groups excluding carboxylic acids is 2. The Bertz CT molecular complexity index is 503. The highest BCUT2D eigenvalue weighted by Crippen LogP contribution is 2.07. The number of rotatable bonds is 8. The van der Waals surface area contributed by atoms with Crippen LogP contribution in [0.2, 0.25) is 0 Å². The molecular formula is C16H26N4O2. The van der Waals surface area contributed by atoms with Crippen LogP contribution in [-0.4, -0.2) is 67.4 Å². The van der Waals surface area contributed by atoms with Gasteiger partial charge in [0, 0.05) is 39.1 Å². The summed E-state index contributed by atoms with van der Waals surface area (Å²) >= 11 is 0. The Morgan fingerprint density at radius 2 is 1.82 bits per heavy atom. The highest BCUT2D eigenvalue weighted by molar-refractivity contribution is 5.99. The van der Waals surface area contributed by atoms with Gasteiger partial charge in [-0.15, -0.1) is 0 Å². The molecule has 0 atom stereocenters. The van der Waals surface area contributed by atoms with Gasteiger partial charge < -0.3 is 15.1 Å². The van der Waals surface area contributed by atoms with Crippen LogP contribution in [0.15, 0.2) is 18.5 Å². The number of carbonyl (C=O) groups is 2. The van der Waals surface area contributed by atoms with Gasteiger partial charge in [0.15, 0.2) is 0 Å². The summed E-state index contributed by atoms with van der Waals surface area (Å²) in [6, 6.07) is 1.60. The van der Waals surface area contributed by atoms with Gasteiger partial charge in [-0.05, 0) is 26.6 Å². The van der Waals surface area contributed by atoms with Crippen molar-refractivity contribution in [1.29, 1.82) is 0 Å². The average molecular weight is 306 g/mol. The molecule has 1 aromatic rings. The van der Waals surface area contributed by atoms with Gasteiger partial charge in [-0.2, -0.15) is 0 Å². The molecule has 2 amide bonds. The molecule has 0 fully saturated rings. The van der Waals surface area contributed by atoms with Crippen LogP contribution in [0.5, 0.6) is 0 Å². The number of aromatic nitrogens is 1. The van der Waals surface area contributed by atoms with E-state index in [1.54, 1.807) is 18.0 Å². The Hall–Kier alpha value is -1.95. The van der Waals surface area contributed by atoms with E-state index < -0.39 is 0 Å². The second-order valence-electron chi connectivity index (χ2n) is 5.60. The van der Waals surface area contributed by atoms with Crippen molar-refractivity contribution in [3.8, 4) is 0 Å². The van der Waals surface area contributed by atoms with E-state index in [-0.39, 0.29) is 11.8 Å². The molecule has 1 aromatic heterocycles. The molecule has 0 aliphatic rings. The summed E-state index contributed by atoms with van der Waals surface area (Å²) < 4.78 is 0. The molecule has 1 N–H and O–H groups in total. The minimum atomic E-state index is -0.208. The van der Waals surface area contributed by atoms with Crippen molar-refractivity contribution in [3.63, 3.8) is 0 Å². The Morgan fingerprint density at radius 1 is 1.14 bits per heavy atom. The molecule has 0 aliphatic heterocycles. The lowest BCUT2D eigenvalue weighted by atomic mass is 10.1. The summed E-state index contributed by atoms with van der Waals surface area (Å²) in [5, 5.41) is 2.81. The quantitative estimate of drug-likeness (QED) is 0.785. The molecule has 0 bridgehead atoms. The smallest absolute Gasteiger partial charge is 0.255 e. The van der Waals surface area contributed by atoms with E-state index in [4.69, 9.17) is 0 Å². The van der Waals surface area contributed by atoms with Crippen molar-refractivity contribution in [2.45, 2.75) is 19.8 Å². The van der Waals surface area contributed by atoms with Crippen LogP contribution in [0.1, 0.15) is 40.5 Å². The maximum atomic E-state index is 12.3. The maximum absolute atomic E-state index is 12.3. The minimum absolute atomic E-state index is 0.108. The monoisotopic (exact) mass is 306 g/mol. The number of pyridine rings is 1. The first kappa shape index (κ1) is 18.1. The zero-order valence-corrected chi connectivity index (χ0v) is 13.9. The first-order valence-electron chi connectivity index (χ1n) is 7.59. The van der Waals surface area contributed by atoms with Gasteiger partial charge in [0.2, 0.25) is 0 Å². The molecule has 6 nitrogen and oxygen atoms in total. The average Bonchev–Trinajstić information content (AvgIpc) is 2.51. The lowest BCUT2D eigenvalue weighted by Gasteiger charge is -2.17. The third-order valence-corrected chi connectivity index (χ3v) is 3.29. The van der Waals surface area contributed by atoms with Crippen LogP contribution >= 0.6 is 0 Å². The first-order chi connectivity index (χ1) is 10.5. The first-order valence-corrected chi connectivity index (χ1v) is 7.59. The van der Waals surface area contributed by atoms with Gasteiger partial charge in [-0.1, -0.05) is 13.3 Å². The SMILES string of the molecule is CCCCN(C)C(=O)c1cncc(C(=O)NCCN(C)C)c1. The number of unbranched alkanes of at least 4 members (excludes halogenated alkanes) is 1. The van der Waals surface area contributed by atoms with Gasteiger partial charge in [0.1, 0.15) is 0 Å². The fourth-order valence-electron chi connectivity index (χ4n) is 1.89. The minimum Gasteiger partial charge on any atom is -0.351 e. The standard InChI is InChI=1S/C16H26N4O2/c1-5-6-8-20(4)16(22)14-10-13(11-17-12-14)15(21)18-7-9-19(2)3/h10-12H,5-9H2,1-4H3,(H,18,21). The summed E-state index contributed by atoms with van der Waals surface area (Å²) in [6.45, 7) is 4.10. The molecule has 1 rings (SSSR count). The Balaban J connectivity index is 2.68. The van der Waals surface area contributed by atoms with Gasteiger partial charge >= 0.3 is 0 Å². The molecule has 122 valence electrons. The zero-order valence-electron chi connectivity index (χ0n) is 13.9. The van der Waals surface area contributed by atoms with Crippen LogP contribution in [-0.2, 0) is 0 Å². The number of amides is 2. The van der Waals surface area contributed by atoms with Crippen molar-refractivity contribution in [3.05, 3.63) is 29.6 Å². The third-order valence-electron chi connectivity index (χ3n) is 3.29. The van der Waals surface area contributed by atoms with Gasteiger partial charge in [0.05, 0.1) is 11.1 Å². The van der Waals surface area contributed by atoms with E-state index in [1.807, 2.05) is 19.0 Å². The van der Waals surface area contributed by atoms with Crippen LogP contribution in [0, 0.1) is 0 Å². The van der Waals surface area contributed by atoms with Crippen LogP contribution in [0.4, 0.5) is 0 Å². The number of hydrogen-bond donors (Lipinski definition) is 1. The molecule has 6 heteroatoms. The van der Waals surface area contributed by atoms with E-state index in [0.29, 0.717) is 24.2 Å². The summed E-state index contributed by atoms with van der Waals surface area (Å²) in [7, 11) is 5.65. The number of hydrogen-bond acceptors (Lipinski definition) is 4. The second kappa shape index (κ2) is 9.15. The Labute approximate surface area is 132 Å². The molecule has 1 heterocycles. The summed E-state index contributed by atoms with van der Waals surface area (Å²) in [4.78, 5) is 32.0. The van der Waals surface area contributed by atoms with Crippen molar-refractivity contribution >= 4 is 11.8 Å². The van der Waals surface area contributed by atoms with E-state index in [0.717, 1.165) is 19.4 Å². The van der Waals surface area contributed by atoms with E-state index >= 15 is 0 Å². The number of nitrogens with one attached hydrogen (secondary N) is 1. The van der Waals surface area contributed by atoms with Crippen LogP contribution < -0.4 is 5.32 Å². The van der Waals surface area contributed by atoms with Crippen molar-refractivity contribution in [2.24, 2.45) is 0 Å². The molecule has 0 saturated heterocycles. The summed E-state index contributed by atoms with van der Waals surface area (Å²) in [5.74, 6) is -0.316. The molecular weight excluding hydrogens is 280 g/mol. The fraction of sp³-hybridized carbons (Fsp3) is 0.562. The van der Waals surface area contributed by atoms with Crippen molar-refractivity contribution in [2.75, 3.05) is 40.8 Å². The van der Waals surface area contributed by atoms with E-state index in [1.165, 1.54) is 12.4 Å². The molecule has 0 unspecified atom stereocenters.